The summed E-state index contributed by atoms with van der Waals surface area (Å²) in [6, 6.07) is 3.64. The van der Waals surface area contributed by atoms with Crippen LogP contribution in [0.15, 0.2) is 23.1 Å². The summed E-state index contributed by atoms with van der Waals surface area (Å²) in [4.78, 5) is -1.03. The van der Waals surface area contributed by atoms with Gasteiger partial charge in [0.05, 0.1) is 12.8 Å². The van der Waals surface area contributed by atoms with E-state index in [4.69, 9.17) is 4.74 Å². The molecule has 2 aromatic rings. The SMILES string of the molecule is COc1ccc(N(Sc2c(F)c(F)c(F)c(F)c2F)C2CC2)cc1F. The number of rotatable bonds is 5. The standard InChI is InChI=1S/C16H11F6NOS/c1-24-10-5-4-8(6-9(10)17)23(7-2-3-7)25-16-14(21)12(19)11(18)13(20)15(16)22/h4-7H,2-3H2,1H3. The fraction of sp³-hybridized carbons (Fsp3) is 0.250. The first kappa shape index (κ1) is 17.8. The number of halogens is 6. The molecule has 1 saturated carbocycles. The number of nitrogens with zero attached hydrogens (tertiary/aromatic N) is 1. The molecule has 9 heteroatoms. The van der Waals surface area contributed by atoms with Gasteiger partial charge >= 0.3 is 0 Å². The topological polar surface area (TPSA) is 12.5 Å². The van der Waals surface area contributed by atoms with Crippen molar-refractivity contribution in [3.8, 4) is 5.75 Å². The lowest BCUT2D eigenvalue weighted by molar-refractivity contribution is 0.361. The Morgan fingerprint density at radius 1 is 0.920 bits per heavy atom. The molecule has 1 fully saturated rings. The van der Waals surface area contributed by atoms with Crippen molar-refractivity contribution in [1.82, 2.24) is 0 Å². The summed E-state index contributed by atoms with van der Waals surface area (Å²) >= 11 is 0.354. The highest BCUT2D eigenvalue weighted by molar-refractivity contribution is 8.00. The minimum Gasteiger partial charge on any atom is -0.494 e. The number of hydrogen-bond acceptors (Lipinski definition) is 3. The predicted molar refractivity (Wildman–Crippen MR) is 80.5 cm³/mol. The Labute approximate surface area is 143 Å². The van der Waals surface area contributed by atoms with Crippen LogP contribution < -0.4 is 9.04 Å². The third-order valence-electron chi connectivity index (χ3n) is 3.63. The van der Waals surface area contributed by atoms with Crippen LogP contribution in [0.3, 0.4) is 0 Å². The molecular weight excluding hydrogens is 368 g/mol. The van der Waals surface area contributed by atoms with E-state index in [9.17, 15) is 26.3 Å². The van der Waals surface area contributed by atoms with Gasteiger partial charge < -0.3 is 9.04 Å². The second kappa shape index (κ2) is 6.70. The smallest absolute Gasteiger partial charge is 0.200 e. The Morgan fingerprint density at radius 2 is 1.48 bits per heavy atom. The quantitative estimate of drug-likeness (QED) is 0.306. The van der Waals surface area contributed by atoms with Gasteiger partial charge in [-0.15, -0.1) is 0 Å². The lowest BCUT2D eigenvalue weighted by atomic mass is 10.3. The van der Waals surface area contributed by atoms with Crippen LogP contribution in [0.4, 0.5) is 32.0 Å². The summed E-state index contributed by atoms with van der Waals surface area (Å²) in [5.74, 6) is -10.8. The number of benzene rings is 2. The molecule has 0 N–H and O–H groups in total. The average molecular weight is 379 g/mol. The van der Waals surface area contributed by atoms with Crippen molar-refractivity contribution >= 4 is 17.6 Å². The molecular formula is C16H11F6NOS. The first-order valence-corrected chi connectivity index (χ1v) is 7.94. The van der Waals surface area contributed by atoms with Crippen molar-refractivity contribution < 1.29 is 31.1 Å². The molecule has 1 aliphatic rings. The minimum atomic E-state index is -2.21. The normalized spacial score (nSPS) is 13.9. The molecule has 0 aliphatic heterocycles. The summed E-state index contributed by atoms with van der Waals surface area (Å²) < 4.78 is 87.7. The van der Waals surface area contributed by atoms with Crippen molar-refractivity contribution in [2.45, 2.75) is 23.8 Å². The van der Waals surface area contributed by atoms with Crippen LogP contribution in [-0.2, 0) is 0 Å². The number of methoxy groups -OCH3 is 1. The van der Waals surface area contributed by atoms with Gasteiger partial charge in [-0.1, -0.05) is 0 Å². The molecule has 2 aromatic carbocycles. The third-order valence-corrected chi connectivity index (χ3v) is 4.87. The highest BCUT2D eigenvalue weighted by Gasteiger charge is 2.34. The largest absolute Gasteiger partial charge is 0.494 e. The van der Waals surface area contributed by atoms with Gasteiger partial charge in [0, 0.05) is 12.1 Å². The van der Waals surface area contributed by atoms with E-state index in [-0.39, 0.29) is 17.5 Å². The van der Waals surface area contributed by atoms with Gasteiger partial charge in [0.15, 0.2) is 34.8 Å². The van der Waals surface area contributed by atoms with Gasteiger partial charge in [-0.05, 0) is 36.9 Å². The van der Waals surface area contributed by atoms with Crippen molar-refractivity contribution in [1.29, 1.82) is 0 Å². The van der Waals surface area contributed by atoms with Gasteiger partial charge in [0.2, 0.25) is 5.82 Å². The minimum absolute atomic E-state index is 0.0271. The monoisotopic (exact) mass is 379 g/mol. The molecule has 0 aromatic heterocycles. The van der Waals surface area contributed by atoms with Gasteiger partial charge in [-0.25, -0.2) is 26.3 Å². The van der Waals surface area contributed by atoms with Crippen molar-refractivity contribution in [2.24, 2.45) is 0 Å². The molecule has 0 amide bonds. The predicted octanol–water partition coefficient (Wildman–Crippen LogP) is 5.21. The highest BCUT2D eigenvalue weighted by atomic mass is 32.2. The first-order chi connectivity index (χ1) is 11.8. The van der Waals surface area contributed by atoms with E-state index in [1.165, 1.54) is 23.5 Å². The Morgan fingerprint density at radius 3 is 1.96 bits per heavy atom. The average Bonchev–Trinajstić information content (AvgIpc) is 3.43. The number of anilines is 1. The van der Waals surface area contributed by atoms with E-state index in [1.54, 1.807) is 0 Å². The zero-order valence-corrected chi connectivity index (χ0v) is 13.6. The summed E-state index contributed by atoms with van der Waals surface area (Å²) in [5, 5.41) is 0. The van der Waals surface area contributed by atoms with Crippen molar-refractivity contribution in [3.05, 3.63) is 53.1 Å². The second-order valence-corrected chi connectivity index (χ2v) is 6.35. The molecule has 1 aliphatic carbocycles. The molecule has 0 bridgehead atoms. The highest BCUT2D eigenvalue weighted by Crippen LogP contribution is 2.43. The maximum absolute atomic E-state index is 13.9. The lowest BCUT2D eigenvalue weighted by Gasteiger charge is -2.24. The Balaban J connectivity index is 2.01. The Hall–Kier alpha value is -2.03. The lowest BCUT2D eigenvalue weighted by Crippen LogP contribution is -2.18. The first-order valence-electron chi connectivity index (χ1n) is 7.17. The zero-order valence-electron chi connectivity index (χ0n) is 12.8. The maximum atomic E-state index is 13.9. The molecule has 0 saturated heterocycles. The molecule has 0 radical (unpaired) electrons. The molecule has 3 rings (SSSR count). The number of ether oxygens (including phenoxy) is 1. The van der Waals surface area contributed by atoms with E-state index in [2.05, 4.69) is 0 Å². The van der Waals surface area contributed by atoms with Crippen molar-refractivity contribution in [3.63, 3.8) is 0 Å². The van der Waals surface area contributed by atoms with Crippen LogP contribution in [0.2, 0.25) is 0 Å². The van der Waals surface area contributed by atoms with E-state index in [1.807, 2.05) is 0 Å². The molecule has 134 valence electrons. The maximum Gasteiger partial charge on any atom is 0.200 e. The van der Waals surface area contributed by atoms with E-state index < -0.39 is 39.8 Å². The van der Waals surface area contributed by atoms with Crippen LogP contribution >= 0.6 is 11.9 Å². The van der Waals surface area contributed by atoms with Gasteiger partial charge in [0.1, 0.15) is 4.90 Å². The molecule has 0 spiro atoms. The summed E-state index contributed by atoms with van der Waals surface area (Å²) in [6.07, 6.45) is 1.30. The second-order valence-electron chi connectivity index (χ2n) is 5.37. The van der Waals surface area contributed by atoms with Gasteiger partial charge in [-0.2, -0.15) is 0 Å². The molecule has 25 heavy (non-hydrogen) atoms. The van der Waals surface area contributed by atoms with E-state index in [0.29, 0.717) is 24.8 Å². The summed E-state index contributed by atoms with van der Waals surface area (Å²) in [6.45, 7) is 0. The van der Waals surface area contributed by atoms with Crippen molar-refractivity contribution in [2.75, 3.05) is 11.4 Å². The molecule has 0 unspecified atom stereocenters. The van der Waals surface area contributed by atoms with E-state index in [0.717, 1.165) is 6.07 Å². The molecule has 0 heterocycles. The zero-order chi connectivity index (χ0) is 18.3. The third kappa shape index (κ3) is 3.24. The summed E-state index contributed by atoms with van der Waals surface area (Å²) in [7, 11) is 1.28. The molecule has 0 atom stereocenters. The van der Waals surface area contributed by atoms with Crippen LogP contribution in [0.25, 0.3) is 0 Å². The van der Waals surface area contributed by atoms with Gasteiger partial charge in [0.25, 0.3) is 0 Å². The van der Waals surface area contributed by atoms with E-state index >= 15 is 0 Å². The fourth-order valence-electron chi connectivity index (χ4n) is 2.20. The fourth-order valence-corrected chi connectivity index (χ4v) is 3.32. The number of hydrogen-bond donors (Lipinski definition) is 0. The van der Waals surface area contributed by atoms with Crippen LogP contribution in [0.1, 0.15) is 12.8 Å². The summed E-state index contributed by atoms with van der Waals surface area (Å²) in [5.41, 5.74) is 0.231. The van der Waals surface area contributed by atoms with Crippen LogP contribution in [0, 0.1) is 34.9 Å². The van der Waals surface area contributed by atoms with Gasteiger partial charge in [-0.3, -0.25) is 0 Å². The van der Waals surface area contributed by atoms with Crippen LogP contribution in [-0.4, -0.2) is 13.2 Å². The van der Waals surface area contributed by atoms with Crippen LogP contribution in [0.5, 0.6) is 5.75 Å². The Kier molecular flexibility index (Phi) is 4.77. The Bertz CT molecular complexity index is 798. The molecule has 2 nitrogen and oxygen atoms in total.